The maximum Gasteiger partial charge on any atom is 0.251 e. The maximum absolute atomic E-state index is 13.0. The monoisotopic (exact) mass is 393 g/mol. The predicted molar refractivity (Wildman–Crippen MR) is 110 cm³/mol. The standard InChI is InChI=1S/C21H23N5O3/c1-15(27)23-16-5-7-17(8-6-16)26-20(28)14-18(21(26)29)24-10-12-25(13-11-24)19-4-2-3-9-22-19/h2-9,18H,10-14H2,1H3,(H,23,27). The highest BCUT2D eigenvalue weighted by Crippen LogP contribution is 2.27. The van der Waals surface area contributed by atoms with E-state index in [9.17, 15) is 14.4 Å². The lowest BCUT2D eigenvalue weighted by Crippen LogP contribution is -2.52. The molecule has 2 fully saturated rings. The molecule has 2 aromatic rings. The van der Waals surface area contributed by atoms with E-state index in [0.717, 1.165) is 18.9 Å². The van der Waals surface area contributed by atoms with Crippen LogP contribution < -0.4 is 15.1 Å². The summed E-state index contributed by atoms with van der Waals surface area (Å²) >= 11 is 0. The summed E-state index contributed by atoms with van der Waals surface area (Å²) < 4.78 is 0. The molecule has 1 unspecified atom stereocenters. The fourth-order valence-corrected chi connectivity index (χ4v) is 3.87. The first-order chi connectivity index (χ1) is 14.0. The molecule has 8 nitrogen and oxygen atoms in total. The Morgan fingerprint density at radius 2 is 1.76 bits per heavy atom. The second-order valence-corrected chi connectivity index (χ2v) is 7.23. The summed E-state index contributed by atoms with van der Waals surface area (Å²) in [5, 5.41) is 2.68. The number of hydrogen-bond donors (Lipinski definition) is 1. The smallest absolute Gasteiger partial charge is 0.251 e. The SMILES string of the molecule is CC(=O)Nc1ccc(N2C(=O)CC(N3CCN(c4ccccn4)CC3)C2=O)cc1. The van der Waals surface area contributed by atoms with Crippen molar-refractivity contribution in [1.82, 2.24) is 9.88 Å². The van der Waals surface area contributed by atoms with Crippen molar-refractivity contribution >= 4 is 34.9 Å². The predicted octanol–water partition coefficient (Wildman–Crippen LogP) is 1.49. The lowest BCUT2D eigenvalue weighted by molar-refractivity contribution is -0.123. The second kappa shape index (κ2) is 8.00. The van der Waals surface area contributed by atoms with Crippen LogP contribution in [0.4, 0.5) is 17.2 Å². The molecule has 0 spiro atoms. The lowest BCUT2D eigenvalue weighted by Gasteiger charge is -2.37. The lowest BCUT2D eigenvalue weighted by atomic mass is 10.1. The molecule has 2 aliphatic heterocycles. The summed E-state index contributed by atoms with van der Waals surface area (Å²) in [5.74, 6) is 0.380. The molecule has 3 amide bonds. The largest absolute Gasteiger partial charge is 0.354 e. The van der Waals surface area contributed by atoms with Gasteiger partial charge in [-0.05, 0) is 36.4 Å². The van der Waals surface area contributed by atoms with Crippen LogP contribution in [0.3, 0.4) is 0 Å². The summed E-state index contributed by atoms with van der Waals surface area (Å²) in [6, 6.07) is 12.1. The number of piperazine rings is 1. The van der Waals surface area contributed by atoms with Crippen LogP contribution in [0.25, 0.3) is 0 Å². The molecule has 1 aromatic carbocycles. The van der Waals surface area contributed by atoms with Crippen molar-refractivity contribution in [3.63, 3.8) is 0 Å². The number of nitrogens with zero attached hydrogens (tertiary/aromatic N) is 4. The fraction of sp³-hybridized carbons (Fsp3) is 0.333. The first-order valence-corrected chi connectivity index (χ1v) is 9.67. The van der Waals surface area contributed by atoms with Crippen molar-refractivity contribution in [2.45, 2.75) is 19.4 Å². The molecule has 1 aromatic heterocycles. The summed E-state index contributed by atoms with van der Waals surface area (Å²) in [6.07, 6.45) is 1.96. The van der Waals surface area contributed by atoms with Gasteiger partial charge >= 0.3 is 0 Å². The van der Waals surface area contributed by atoms with E-state index >= 15 is 0 Å². The summed E-state index contributed by atoms with van der Waals surface area (Å²) in [4.78, 5) is 46.6. The van der Waals surface area contributed by atoms with Gasteiger partial charge in [0.1, 0.15) is 5.82 Å². The minimum atomic E-state index is -0.427. The fourth-order valence-electron chi connectivity index (χ4n) is 3.87. The average Bonchev–Trinajstić information content (AvgIpc) is 3.03. The molecule has 3 heterocycles. The van der Waals surface area contributed by atoms with Crippen LogP contribution in [0, 0.1) is 0 Å². The summed E-state index contributed by atoms with van der Waals surface area (Å²) in [6.45, 7) is 4.37. The van der Waals surface area contributed by atoms with E-state index in [0.29, 0.717) is 24.5 Å². The number of carbonyl (C=O) groups is 3. The molecule has 0 bridgehead atoms. The molecule has 2 saturated heterocycles. The molecular formula is C21H23N5O3. The van der Waals surface area contributed by atoms with Crippen molar-refractivity contribution in [2.75, 3.05) is 41.3 Å². The number of amides is 3. The number of hydrogen-bond acceptors (Lipinski definition) is 6. The Balaban J connectivity index is 1.41. The highest BCUT2D eigenvalue weighted by atomic mass is 16.2. The summed E-state index contributed by atoms with van der Waals surface area (Å²) in [5.41, 5.74) is 1.16. The van der Waals surface area contributed by atoms with Crippen LogP contribution >= 0.6 is 0 Å². The van der Waals surface area contributed by atoms with Gasteiger partial charge in [0.25, 0.3) is 5.91 Å². The first kappa shape index (κ1) is 19.1. The van der Waals surface area contributed by atoms with Gasteiger partial charge in [0.15, 0.2) is 0 Å². The van der Waals surface area contributed by atoms with Gasteiger partial charge in [0.05, 0.1) is 18.2 Å². The molecule has 0 aliphatic carbocycles. The van der Waals surface area contributed by atoms with Crippen molar-refractivity contribution in [3.8, 4) is 0 Å². The third-order valence-electron chi connectivity index (χ3n) is 5.30. The van der Waals surface area contributed by atoms with Crippen LogP contribution in [0.5, 0.6) is 0 Å². The van der Waals surface area contributed by atoms with Gasteiger partial charge in [-0.25, -0.2) is 9.88 Å². The number of rotatable bonds is 4. The van der Waals surface area contributed by atoms with Crippen molar-refractivity contribution in [2.24, 2.45) is 0 Å². The van der Waals surface area contributed by atoms with Gasteiger partial charge in [-0.15, -0.1) is 0 Å². The Morgan fingerprint density at radius 3 is 2.38 bits per heavy atom. The molecule has 2 aliphatic rings. The number of pyridine rings is 1. The van der Waals surface area contributed by atoms with Gasteiger partial charge in [0, 0.05) is 45.0 Å². The van der Waals surface area contributed by atoms with Crippen LogP contribution in [0.1, 0.15) is 13.3 Å². The van der Waals surface area contributed by atoms with Crippen molar-refractivity contribution < 1.29 is 14.4 Å². The maximum atomic E-state index is 13.0. The van der Waals surface area contributed by atoms with E-state index in [2.05, 4.69) is 20.1 Å². The molecule has 0 radical (unpaired) electrons. The molecule has 0 saturated carbocycles. The molecule has 1 atom stereocenters. The Bertz CT molecular complexity index is 908. The first-order valence-electron chi connectivity index (χ1n) is 9.67. The Hall–Kier alpha value is -3.26. The molecule has 4 rings (SSSR count). The van der Waals surface area contributed by atoms with E-state index < -0.39 is 6.04 Å². The number of carbonyl (C=O) groups excluding carboxylic acids is 3. The second-order valence-electron chi connectivity index (χ2n) is 7.23. The van der Waals surface area contributed by atoms with Gasteiger partial charge in [-0.2, -0.15) is 0 Å². The number of anilines is 3. The third kappa shape index (κ3) is 3.97. The Morgan fingerprint density at radius 1 is 1.03 bits per heavy atom. The van der Waals surface area contributed by atoms with Crippen LogP contribution in [0.2, 0.25) is 0 Å². The molecular weight excluding hydrogens is 370 g/mol. The van der Waals surface area contributed by atoms with Crippen LogP contribution in [0.15, 0.2) is 48.7 Å². The summed E-state index contributed by atoms with van der Waals surface area (Å²) in [7, 11) is 0. The van der Waals surface area contributed by atoms with E-state index in [1.807, 2.05) is 18.2 Å². The molecule has 150 valence electrons. The highest BCUT2D eigenvalue weighted by Gasteiger charge is 2.43. The van der Waals surface area contributed by atoms with E-state index in [4.69, 9.17) is 0 Å². The normalized spacial score (nSPS) is 20.2. The van der Waals surface area contributed by atoms with Crippen molar-refractivity contribution in [1.29, 1.82) is 0 Å². The van der Waals surface area contributed by atoms with E-state index in [-0.39, 0.29) is 24.1 Å². The zero-order chi connectivity index (χ0) is 20.4. The average molecular weight is 393 g/mol. The number of benzene rings is 1. The Labute approximate surface area is 169 Å². The van der Waals surface area contributed by atoms with Gasteiger partial charge in [-0.1, -0.05) is 6.07 Å². The van der Waals surface area contributed by atoms with Crippen LogP contribution in [-0.4, -0.2) is 59.8 Å². The molecule has 1 N–H and O–H groups in total. The van der Waals surface area contributed by atoms with Gasteiger partial charge in [-0.3, -0.25) is 19.3 Å². The topological polar surface area (TPSA) is 85.8 Å². The number of nitrogens with one attached hydrogen (secondary N) is 1. The minimum Gasteiger partial charge on any atom is -0.354 e. The molecule has 8 heteroatoms. The number of imide groups is 1. The highest BCUT2D eigenvalue weighted by molar-refractivity contribution is 6.22. The number of aromatic nitrogens is 1. The zero-order valence-electron chi connectivity index (χ0n) is 16.2. The van der Waals surface area contributed by atoms with Crippen LogP contribution in [-0.2, 0) is 14.4 Å². The van der Waals surface area contributed by atoms with Crippen molar-refractivity contribution in [3.05, 3.63) is 48.7 Å². The van der Waals surface area contributed by atoms with Gasteiger partial charge < -0.3 is 10.2 Å². The quantitative estimate of drug-likeness (QED) is 0.793. The molecule has 29 heavy (non-hydrogen) atoms. The zero-order valence-corrected chi connectivity index (χ0v) is 16.2. The third-order valence-corrected chi connectivity index (χ3v) is 5.30. The van der Waals surface area contributed by atoms with E-state index in [1.54, 1.807) is 30.5 Å². The minimum absolute atomic E-state index is 0.170. The van der Waals surface area contributed by atoms with E-state index in [1.165, 1.54) is 11.8 Å². The van der Waals surface area contributed by atoms with Gasteiger partial charge in [0.2, 0.25) is 11.8 Å². The Kier molecular flexibility index (Phi) is 5.26.